The van der Waals surface area contributed by atoms with Crippen LogP contribution in [0.15, 0.2) is 78.9 Å². The van der Waals surface area contributed by atoms with Gasteiger partial charge in [0.25, 0.3) is 5.60 Å². The van der Waals surface area contributed by atoms with Crippen molar-refractivity contribution in [3.63, 3.8) is 0 Å². The van der Waals surface area contributed by atoms with Crippen LogP contribution in [0.5, 0.6) is 0 Å². The van der Waals surface area contributed by atoms with Gasteiger partial charge in [-0.25, -0.2) is 9.59 Å². The lowest BCUT2D eigenvalue weighted by atomic mass is 9.88. The molecule has 1 aromatic heterocycles. The van der Waals surface area contributed by atoms with Crippen molar-refractivity contribution in [1.29, 1.82) is 0 Å². The van der Waals surface area contributed by atoms with Crippen molar-refractivity contribution in [2.75, 3.05) is 6.61 Å². The molecular formula is C28H24F3NO5. The zero-order valence-corrected chi connectivity index (χ0v) is 19.8. The molecule has 0 fully saturated rings. The van der Waals surface area contributed by atoms with E-state index >= 15 is 0 Å². The van der Waals surface area contributed by atoms with Crippen LogP contribution in [0.4, 0.5) is 13.2 Å². The molecule has 3 aromatic carbocycles. The quantitative estimate of drug-likeness (QED) is 0.314. The Hall–Kier alpha value is -4.11. The number of hydrogen-bond acceptors (Lipinski definition) is 4. The van der Waals surface area contributed by atoms with Gasteiger partial charge in [0, 0.05) is 35.1 Å². The van der Waals surface area contributed by atoms with Gasteiger partial charge in [-0.3, -0.25) is 0 Å². The average Bonchev–Trinajstić information content (AvgIpc) is 3.16. The van der Waals surface area contributed by atoms with E-state index in [0.717, 1.165) is 11.6 Å². The van der Waals surface area contributed by atoms with Crippen LogP contribution in [0, 0.1) is 0 Å². The first-order valence-corrected chi connectivity index (χ1v) is 11.5. The van der Waals surface area contributed by atoms with Gasteiger partial charge in [0.05, 0.1) is 12.2 Å². The third-order valence-electron chi connectivity index (χ3n) is 6.16. The summed E-state index contributed by atoms with van der Waals surface area (Å²) in [6.45, 7) is 1.05. The highest BCUT2D eigenvalue weighted by atomic mass is 19.4. The van der Waals surface area contributed by atoms with E-state index in [4.69, 9.17) is 4.74 Å². The Morgan fingerprint density at radius 1 is 0.919 bits per heavy atom. The van der Waals surface area contributed by atoms with Crippen LogP contribution in [-0.4, -0.2) is 39.5 Å². The molecule has 0 saturated heterocycles. The molecule has 0 aliphatic heterocycles. The highest BCUT2D eigenvalue weighted by Crippen LogP contribution is 2.46. The highest BCUT2D eigenvalue weighted by Gasteiger charge is 2.64. The van der Waals surface area contributed by atoms with E-state index in [9.17, 15) is 33.0 Å². The molecule has 1 atom stereocenters. The Bertz CT molecular complexity index is 1430. The van der Waals surface area contributed by atoms with Crippen LogP contribution in [-0.2, 0) is 28.1 Å². The Balaban J connectivity index is 2.13. The van der Waals surface area contributed by atoms with E-state index in [2.05, 4.69) is 0 Å². The molecule has 2 N–H and O–H groups in total. The van der Waals surface area contributed by atoms with Gasteiger partial charge in [0.1, 0.15) is 0 Å². The molecule has 0 saturated carbocycles. The molecule has 0 aliphatic rings. The number of carbonyl (C=O) groups excluding carboxylic acids is 1. The summed E-state index contributed by atoms with van der Waals surface area (Å²) in [6.07, 6.45) is -5.53. The Kier molecular flexibility index (Phi) is 7.09. The smallest absolute Gasteiger partial charge is 0.432 e. The Morgan fingerprint density at radius 3 is 2.05 bits per heavy atom. The number of hydrogen-bond donors (Lipinski definition) is 2. The maximum Gasteiger partial charge on any atom is 0.432 e. The van der Waals surface area contributed by atoms with E-state index in [0.29, 0.717) is 5.56 Å². The summed E-state index contributed by atoms with van der Waals surface area (Å²) in [5, 5.41) is 20.6. The molecule has 0 spiro atoms. The van der Waals surface area contributed by atoms with E-state index in [1.807, 2.05) is 0 Å². The molecule has 192 valence electrons. The predicted molar refractivity (Wildman–Crippen MR) is 130 cm³/mol. The third kappa shape index (κ3) is 4.82. The molecule has 0 aliphatic carbocycles. The summed E-state index contributed by atoms with van der Waals surface area (Å²) < 4.78 is 50.2. The van der Waals surface area contributed by atoms with Crippen LogP contribution >= 0.6 is 0 Å². The van der Waals surface area contributed by atoms with E-state index in [-0.39, 0.29) is 35.1 Å². The van der Waals surface area contributed by atoms with Crippen molar-refractivity contribution in [3.8, 4) is 0 Å². The van der Waals surface area contributed by atoms with Crippen LogP contribution in [0.2, 0.25) is 0 Å². The van der Waals surface area contributed by atoms with Crippen LogP contribution in [0.25, 0.3) is 10.9 Å². The topological polar surface area (TPSA) is 88.8 Å². The summed E-state index contributed by atoms with van der Waals surface area (Å²) in [5.74, 6) is -3.24. The number of carbonyl (C=O) groups is 2. The summed E-state index contributed by atoms with van der Waals surface area (Å²) in [4.78, 5) is 24.6. The lowest BCUT2D eigenvalue weighted by Gasteiger charge is -2.29. The first-order chi connectivity index (χ1) is 17.6. The predicted octanol–water partition coefficient (Wildman–Crippen LogP) is 5.29. The minimum absolute atomic E-state index is 0.0143. The number of halogens is 3. The summed E-state index contributed by atoms with van der Waals surface area (Å²) in [6, 6.07) is 21.3. The standard InChI is InChI=1S/C28H24F3NO5/c1-2-37-26(35)27(36,28(29,30)31)24-21-16-20(25(33)34)13-14-22(21)32(17-19-11-7-4-8-12-19)23(24)15-18-9-5-3-6-10-18/h3-14,16,36H,2,15,17H2,1H3,(H,33,34). The number of benzene rings is 3. The zero-order valence-electron chi connectivity index (χ0n) is 19.8. The third-order valence-corrected chi connectivity index (χ3v) is 6.16. The van der Waals surface area contributed by atoms with Crippen LogP contribution in [0.3, 0.4) is 0 Å². The number of carboxylic acid groups (broad SMARTS) is 1. The average molecular weight is 511 g/mol. The molecule has 9 heteroatoms. The van der Waals surface area contributed by atoms with E-state index in [1.165, 1.54) is 19.1 Å². The first-order valence-electron chi connectivity index (χ1n) is 11.5. The van der Waals surface area contributed by atoms with Crippen LogP contribution < -0.4 is 0 Å². The van der Waals surface area contributed by atoms with E-state index in [1.54, 1.807) is 65.2 Å². The SMILES string of the molecule is CCOC(=O)C(O)(c1c(Cc2ccccc2)n(Cc2ccccc2)c2ccc(C(=O)O)cc12)C(F)(F)F. The largest absolute Gasteiger partial charge is 0.478 e. The number of ether oxygens (including phenoxy) is 1. The number of aromatic nitrogens is 1. The normalized spacial score (nSPS) is 13.3. The van der Waals surface area contributed by atoms with Gasteiger partial charge in [0.15, 0.2) is 0 Å². The molecule has 4 rings (SSSR count). The Labute approximate surface area is 210 Å². The summed E-state index contributed by atoms with van der Waals surface area (Å²) >= 11 is 0. The van der Waals surface area contributed by atoms with Crippen molar-refractivity contribution in [2.24, 2.45) is 0 Å². The van der Waals surface area contributed by atoms with Crippen molar-refractivity contribution in [1.82, 2.24) is 4.57 Å². The lowest BCUT2D eigenvalue weighted by Crippen LogP contribution is -2.50. The molecule has 37 heavy (non-hydrogen) atoms. The Morgan fingerprint density at radius 2 is 1.51 bits per heavy atom. The number of rotatable bonds is 8. The number of fused-ring (bicyclic) bond motifs is 1. The fourth-order valence-corrected chi connectivity index (χ4v) is 4.46. The van der Waals surface area contributed by atoms with Crippen molar-refractivity contribution in [2.45, 2.75) is 31.7 Å². The second-order valence-electron chi connectivity index (χ2n) is 8.52. The van der Waals surface area contributed by atoms with Crippen molar-refractivity contribution < 1.29 is 37.7 Å². The molecule has 6 nitrogen and oxygen atoms in total. The second-order valence-corrected chi connectivity index (χ2v) is 8.52. The van der Waals surface area contributed by atoms with Gasteiger partial charge in [-0.1, -0.05) is 60.7 Å². The maximum atomic E-state index is 14.6. The molecule has 0 radical (unpaired) electrons. The monoisotopic (exact) mass is 511 g/mol. The maximum absolute atomic E-state index is 14.6. The van der Waals surface area contributed by atoms with E-state index < -0.39 is 35.9 Å². The van der Waals surface area contributed by atoms with Crippen molar-refractivity contribution in [3.05, 3.63) is 107 Å². The van der Waals surface area contributed by atoms with Crippen molar-refractivity contribution >= 4 is 22.8 Å². The fourth-order valence-electron chi connectivity index (χ4n) is 4.46. The van der Waals surface area contributed by atoms with Gasteiger partial charge >= 0.3 is 18.1 Å². The summed E-state index contributed by atoms with van der Waals surface area (Å²) in [7, 11) is 0. The molecule has 4 aromatic rings. The number of carboxylic acids is 1. The van der Waals surface area contributed by atoms with Gasteiger partial charge in [-0.05, 0) is 36.2 Å². The number of alkyl halides is 3. The fraction of sp³-hybridized carbons (Fsp3) is 0.214. The van der Waals surface area contributed by atoms with Gasteiger partial charge in [-0.15, -0.1) is 0 Å². The van der Waals surface area contributed by atoms with Crippen LogP contribution in [0.1, 0.15) is 39.7 Å². The number of aliphatic hydroxyl groups is 1. The minimum atomic E-state index is -5.46. The molecule has 1 unspecified atom stereocenters. The molecular weight excluding hydrogens is 487 g/mol. The first kappa shape index (κ1) is 26.0. The van der Waals surface area contributed by atoms with Gasteiger partial charge in [0.2, 0.25) is 0 Å². The number of aromatic carboxylic acids is 1. The second kappa shape index (κ2) is 10.1. The van der Waals surface area contributed by atoms with Gasteiger partial charge < -0.3 is 19.5 Å². The highest BCUT2D eigenvalue weighted by molar-refractivity contribution is 5.99. The molecule has 1 heterocycles. The number of esters is 1. The number of nitrogens with zero attached hydrogens (tertiary/aromatic N) is 1. The minimum Gasteiger partial charge on any atom is -0.478 e. The lowest BCUT2D eigenvalue weighted by molar-refractivity contribution is -0.267. The zero-order chi connectivity index (χ0) is 26.8. The summed E-state index contributed by atoms with van der Waals surface area (Å²) in [5.41, 5.74) is -3.42. The molecule has 0 bridgehead atoms. The molecule has 0 amide bonds. The van der Waals surface area contributed by atoms with Gasteiger partial charge in [-0.2, -0.15) is 13.2 Å².